The summed E-state index contributed by atoms with van der Waals surface area (Å²) < 4.78 is 21.3. The van der Waals surface area contributed by atoms with Crippen molar-refractivity contribution < 1.29 is 24.1 Å². The van der Waals surface area contributed by atoms with Crippen LogP contribution in [-0.2, 0) is 0 Å². The summed E-state index contributed by atoms with van der Waals surface area (Å²) >= 11 is 2.83. The molecule has 0 unspecified atom stereocenters. The molecule has 9 nitrogen and oxygen atoms in total. The summed E-state index contributed by atoms with van der Waals surface area (Å²) in [6, 6.07) is 8.73. The predicted molar refractivity (Wildman–Crippen MR) is 131 cm³/mol. The summed E-state index contributed by atoms with van der Waals surface area (Å²) in [7, 11) is 6.18. The molecule has 0 atom stereocenters. The number of phenolic OH excluding ortho intramolecular Hbond substituents is 1. The average molecular weight is 487 g/mol. The molecule has 2 aromatic heterocycles. The number of anilines is 3. The molecular weight excluding hydrogens is 464 g/mol. The number of rotatable bonds is 8. The third kappa shape index (κ3) is 4.45. The van der Waals surface area contributed by atoms with E-state index in [9.17, 15) is 5.11 Å². The molecule has 0 aliphatic rings. The van der Waals surface area contributed by atoms with E-state index in [-0.39, 0.29) is 5.75 Å². The van der Waals surface area contributed by atoms with E-state index >= 15 is 0 Å². The number of thiazole rings is 2. The molecule has 0 saturated carbocycles. The van der Waals surface area contributed by atoms with Crippen LogP contribution in [-0.4, -0.2) is 43.5 Å². The highest BCUT2D eigenvalue weighted by Gasteiger charge is 2.18. The molecule has 2 aromatic carbocycles. The van der Waals surface area contributed by atoms with Gasteiger partial charge in [0.1, 0.15) is 15.7 Å². The Hall–Kier alpha value is -3.70. The fourth-order valence-electron chi connectivity index (χ4n) is 3.18. The van der Waals surface area contributed by atoms with Gasteiger partial charge in [-0.2, -0.15) is 0 Å². The summed E-state index contributed by atoms with van der Waals surface area (Å²) in [5.74, 6) is 2.38. The lowest BCUT2D eigenvalue weighted by Crippen LogP contribution is -1.97. The normalized spacial score (nSPS) is 10.7. The topological polar surface area (TPSA) is 121 Å². The van der Waals surface area contributed by atoms with Crippen LogP contribution in [0.2, 0.25) is 0 Å². The molecule has 4 rings (SSSR count). The zero-order valence-corrected chi connectivity index (χ0v) is 20.0. The quantitative estimate of drug-likeness (QED) is 0.316. The lowest BCUT2D eigenvalue weighted by atomic mass is 10.1. The van der Waals surface area contributed by atoms with Gasteiger partial charge in [0.05, 0.1) is 34.1 Å². The third-order valence-electron chi connectivity index (χ3n) is 4.74. The van der Waals surface area contributed by atoms with Crippen molar-refractivity contribution in [1.29, 1.82) is 0 Å². The van der Waals surface area contributed by atoms with Crippen molar-refractivity contribution in [2.24, 2.45) is 0 Å². The Balaban J connectivity index is 1.61. The second kappa shape index (κ2) is 9.43. The molecule has 11 heteroatoms. The molecule has 0 aliphatic heterocycles. The molecule has 2 heterocycles. The van der Waals surface area contributed by atoms with Crippen LogP contribution >= 0.6 is 22.7 Å². The number of hydrogen-bond donors (Lipinski definition) is 3. The van der Waals surface area contributed by atoms with Crippen LogP contribution in [0.5, 0.6) is 28.7 Å². The lowest BCUT2D eigenvalue weighted by molar-refractivity contribution is 0.324. The number of aromatic nitrogens is 2. The number of ether oxygens (including phenoxy) is 4. The zero-order valence-electron chi connectivity index (χ0n) is 18.3. The summed E-state index contributed by atoms with van der Waals surface area (Å²) in [5.41, 5.74) is 8.40. The van der Waals surface area contributed by atoms with E-state index in [0.29, 0.717) is 39.6 Å². The molecule has 0 saturated heterocycles. The minimum atomic E-state index is 0.0543. The van der Waals surface area contributed by atoms with Crippen LogP contribution < -0.4 is 30.0 Å². The molecule has 0 aliphatic carbocycles. The number of nitrogens with two attached hydrogens (primary N) is 1. The highest BCUT2D eigenvalue weighted by Crippen LogP contribution is 2.43. The van der Waals surface area contributed by atoms with Gasteiger partial charge >= 0.3 is 0 Å². The van der Waals surface area contributed by atoms with Gasteiger partial charge in [-0.1, -0.05) is 11.3 Å². The number of aromatic hydroxyl groups is 1. The van der Waals surface area contributed by atoms with E-state index in [4.69, 9.17) is 24.7 Å². The molecule has 4 aromatic rings. The summed E-state index contributed by atoms with van der Waals surface area (Å²) in [6.07, 6.45) is 0. The second-order valence-corrected chi connectivity index (χ2v) is 8.55. The zero-order chi connectivity index (χ0) is 23.5. The first kappa shape index (κ1) is 22.5. The van der Waals surface area contributed by atoms with E-state index < -0.39 is 0 Å². The summed E-state index contributed by atoms with van der Waals surface area (Å²) in [6.45, 7) is 0. The first-order valence-corrected chi connectivity index (χ1v) is 11.3. The van der Waals surface area contributed by atoms with Crippen LogP contribution in [0.15, 0.2) is 35.7 Å². The van der Waals surface area contributed by atoms with E-state index in [1.54, 1.807) is 45.6 Å². The van der Waals surface area contributed by atoms with Crippen molar-refractivity contribution in [3.63, 3.8) is 0 Å². The second-order valence-electron chi connectivity index (χ2n) is 6.70. The average Bonchev–Trinajstić information content (AvgIpc) is 3.44. The first-order valence-electron chi connectivity index (χ1n) is 9.64. The van der Waals surface area contributed by atoms with Gasteiger partial charge < -0.3 is 35.1 Å². The SMILES string of the molecule is COc1ccc(-c2csc(-c3sc(Nc4cc(OC)c(OC)c(OC)c4)nc3N)n2)cc1O. The van der Waals surface area contributed by atoms with Crippen LogP contribution in [0.1, 0.15) is 0 Å². The molecule has 0 bridgehead atoms. The Bertz CT molecular complexity index is 1260. The first-order chi connectivity index (χ1) is 16.0. The van der Waals surface area contributed by atoms with Gasteiger partial charge in [0.2, 0.25) is 5.75 Å². The lowest BCUT2D eigenvalue weighted by Gasteiger charge is -2.14. The Kier molecular flexibility index (Phi) is 6.43. The maximum absolute atomic E-state index is 10.1. The molecule has 4 N–H and O–H groups in total. The Morgan fingerprint density at radius 1 is 0.909 bits per heavy atom. The molecule has 0 radical (unpaired) electrons. The summed E-state index contributed by atoms with van der Waals surface area (Å²) in [5, 5.41) is 16.5. The van der Waals surface area contributed by atoms with Gasteiger partial charge in [0.25, 0.3) is 0 Å². The van der Waals surface area contributed by atoms with E-state index in [1.165, 1.54) is 29.8 Å². The van der Waals surface area contributed by atoms with Crippen molar-refractivity contribution in [3.05, 3.63) is 35.7 Å². The van der Waals surface area contributed by atoms with E-state index in [1.807, 2.05) is 11.4 Å². The summed E-state index contributed by atoms with van der Waals surface area (Å²) in [4.78, 5) is 9.86. The smallest absolute Gasteiger partial charge is 0.203 e. The van der Waals surface area contributed by atoms with Gasteiger partial charge in [-0.05, 0) is 18.2 Å². The number of hydrogen-bond acceptors (Lipinski definition) is 11. The fraction of sp³-hybridized carbons (Fsp3) is 0.182. The highest BCUT2D eigenvalue weighted by molar-refractivity contribution is 7.23. The largest absolute Gasteiger partial charge is 0.504 e. The maximum Gasteiger partial charge on any atom is 0.203 e. The molecule has 33 heavy (non-hydrogen) atoms. The predicted octanol–water partition coefficient (Wildman–Crippen LogP) is 5.00. The monoisotopic (exact) mass is 486 g/mol. The Labute approximate surface area is 198 Å². The van der Waals surface area contributed by atoms with Crippen molar-refractivity contribution in [1.82, 2.24) is 9.97 Å². The van der Waals surface area contributed by atoms with Gasteiger partial charge in [-0.3, -0.25) is 0 Å². The number of nitrogens with one attached hydrogen (secondary N) is 1. The number of benzene rings is 2. The Morgan fingerprint density at radius 2 is 1.61 bits per heavy atom. The van der Waals surface area contributed by atoms with Crippen LogP contribution in [0.3, 0.4) is 0 Å². The van der Waals surface area contributed by atoms with Gasteiger partial charge in [-0.25, -0.2) is 9.97 Å². The van der Waals surface area contributed by atoms with Crippen LogP contribution in [0.25, 0.3) is 21.1 Å². The van der Waals surface area contributed by atoms with Crippen molar-refractivity contribution in [3.8, 4) is 49.9 Å². The van der Waals surface area contributed by atoms with E-state index in [2.05, 4.69) is 15.3 Å². The van der Waals surface area contributed by atoms with Crippen LogP contribution in [0.4, 0.5) is 16.6 Å². The number of phenols is 1. The fourth-order valence-corrected chi connectivity index (χ4v) is 5.01. The minimum absolute atomic E-state index is 0.0543. The number of nitrogens with zero attached hydrogens (tertiary/aromatic N) is 2. The molecule has 0 spiro atoms. The van der Waals surface area contributed by atoms with Gasteiger partial charge in [-0.15, -0.1) is 11.3 Å². The highest BCUT2D eigenvalue weighted by atomic mass is 32.1. The van der Waals surface area contributed by atoms with Gasteiger partial charge in [0.15, 0.2) is 28.1 Å². The molecular formula is C22H22N4O5S2. The molecule has 0 amide bonds. The van der Waals surface area contributed by atoms with Crippen molar-refractivity contribution in [2.45, 2.75) is 0 Å². The third-order valence-corrected chi connectivity index (χ3v) is 6.72. The van der Waals surface area contributed by atoms with Gasteiger partial charge in [0, 0.05) is 28.8 Å². The van der Waals surface area contributed by atoms with Crippen molar-refractivity contribution >= 4 is 39.3 Å². The minimum Gasteiger partial charge on any atom is -0.504 e. The van der Waals surface area contributed by atoms with Crippen molar-refractivity contribution in [2.75, 3.05) is 39.5 Å². The standard InChI is InChI=1S/C22H22N4O5S2/c1-28-15-6-5-11(7-14(15)27)13-10-32-21(25-13)19-20(23)26-22(33-19)24-12-8-16(29-2)18(31-4)17(9-12)30-3/h5-10,27H,23H2,1-4H3,(H,24,26). The molecule has 172 valence electrons. The Morgan fingerprint density at radius 3 is 2.21 bits per heavy atom. The maximum atomic E-state index is 10.1. The molecule has 0 fully saturated rings. The van der Waals surface area contributed by atoms with Crippen LogP contribution in [0, 0.1) is 0 Å². The van der Waals surface area contributed by atoms with E-state index in [0.717, 1.165) is 21.1 Å². The number of nitrogen functional groups attached to an aromatic ring is 1. The number of methoxy groups -OCH3 is 4.